The summed E-state index contributed by atoms with van der Waals surface area (Å²) in [7, 11) is 1.78. The van der Waals surface area contributed by atoms with E-state index in [2.05, 4.69) is 10.4 Å². The largest absolute Gasteiger partial charge is 0.480 e. The highest BCUT2D eigenvalue weighted by molar-refractivity contribution is 5.93. The number of aryl methyl sites for hydroxylation is 2. The first-order chi connectivity index (χ1) is 9.02. The van der Waals surface area contributed by atoms with E-state index >= 15 is 0 Å². The molecule has 2 N–H and O–H groups in total. The minimum absolute atomic E-state index is 0.368. The summed E-state index contributed by atoms with van der Waals surface area (Å²) in [6, 6.07) is -1.09. The molecule has 7 nitrogen and oxygen atoms in total. The van der Waals surface area contributed by atoms with Crippen LogP contribution in [0, 0.1) is 0 Å². The van der Waals surface area contributed by atoms with Gasteiger partial charge in [-0.15, -0.1) is 0 Å². The molecule has 0 saturated carbocycles. The molecule has 104 valence electrons. The summed E-state index contributed by atoms with van der Waals surface area (Å²) < 4.78 is 1.63. The van der Waals surface area contributed by atoms with Crippen LogP contribution in [0.15, 0.2) is 6.20 Å². The van der Waals surface area contributed by atoms with Crippen molar-refractivity contribution in [3.8, 4) is 0 Å². The number of rotatable bonds is 3. The molecule has 0 radical (unpaired) electrons. The van der Waals surface area contributed by atoms with Crippen LogP contribution >= 0.6 is 0 Å². The normalized spacial score (nSPS) is 18.6. The molecule has 1 aliphatic heterocycles. The van der Waals surface area contributed by atoms with Gasteiger partial charge in [0.05, 0.1) is 11.4 Å². The maximum Gasteiger partial charge on any atom is 0.326 e. The molecule has 1 fully saturated rings. The van der Waals surface area contributed by atoms with Crippen LogP contribution in [0.25, 0.3) is 0 Å². The predicted octanol–water partition coefficient (Wildman–Crippen LogP) is 1.06. The van der Waals surface area contributed by atoms with Crippen molar-refractivity contribution in [1.29, 1.82) is 0 Å². The summed E-state index contributed by atoms with van der Waals surface area (Å²) in [5, 5.41) is 16.0. The van der Waals surface area contributed by atoms with Crippen molar-refractivity contribution in [3.05, 3.63) is 11.9 Å². The molecule has 1 aromatic rings. The van der Waals surface area contributed by atoms with Gasteiger partial charge >= 0.3 is 12.0 Å². The van der Waals surface area contributed by atoms with Crippen molar-refractivity contribution in [1.82, 2.24) is 14.7 Å². The number of nitrogens with one attached hydrogen (secondary N) is 1. The number of carbonyl (C=O) groups excluding carboxylic acids is 1. The van der Waals surface area contributed by atoms with Gasteiger partial charge in [0.25, 0.3) is 0 Å². The van der Waals surface area contributed by atoms with Gasteiger partial charge in [-0.25, -0.2) is 9.59 Å². The molecule has 0 aliphatic carbocycles. The quantitative estimate of drug-likeness (QED) is 0.856. The lowest BCUT2D eigenvalue weighted by Crippen LogP contribution is -2.42. The maximum atomic E-state index is 12.1. The van der Waals surface area contributed by atoms with Gasteiger partial charge < -0.3 is 15.3 Å². The summed E-state index contributed by atoms with van der Waals surface area (Å²) in [6.07, 6.45) is 3.66. The number of hydrogen-bond acceptors (Lipinski definition) is 3. The number of aliphatic carboxylic acids is 1. The second-order valence-corrected chi connectivity index (χ2v) is 4.64. The lowest BCUT2D eigenvalue weighted by molar-refractivity contribution is -0.141. The monoisotopic (exact) mass is 266 g/mol. The minimum Gasteiger partial charge on any atom is -0.480 e. The van der Waals surface area contributed by atoms with Gasteiger partial charge in [0, 0.05) is 19.8 Å². The number of anilines is 1. The lowest BCUT2D eigenvalue weighted by atomic mass is 10.2. The lowest BCUT2D eigenvalue weighted by Gasteiger charge is -2.21. The van der Waals surface area contributed by atoms with Gasteiger partial charge in [0.15, 0.2) is 0 Å². The van der Waals surface area contributed by atoms with E-state index in [-0.39, 0.29) is 6.03 Å². The second-order valence-electron chi connectivity index (χ2n) is 4.64. The SMILES string of the molecule is CCc1nn(C)cc1NC(=O)N1CCC[C@H]1C(=O)O. The molecule has 1 aliphatic rings. The van der Waals surface area contributed by atoms with Crippen molar-refractivity contribution >= 4 is 17.7 Å². The molecule has 7 heteroatoms. The molecule has 2 rings (SSSR count). The number of aromatic nitrogens is 2. The standard InChI is InChI=1S/C12H18N4O3/c1-3-8-9(7-15(2)14-8)13-12(19)16-6-4-5-10(16)11(17)18/h7,10H,3-6H2,1-2H3,(H,13,19)(H,17,18)/t10-/m0/s1. The average Bonchev–Trinajstić information content (AvgIpc) is 2.95. The molecule has 0 unspecified atom stereocenters. The van der Waals surface area contributed by atoms with Crippen LogP contribution in [0.1, 0.15) is 25.5 Å². The van der Waals surface area contributed by atoms with Gasteiger partial charge in [-0.1, -0.05) is 6.92 Å². The Kier molecular flexibility index (Phi) is 3.73. The number of hydrogen-bond donors (Lipinski definition) is 2. The summed E-state index contributed by atoms with van der Waals surface area (Å²) >= 11 is 0. The average molecular weight is 266 g/mol. The second kappa shape index (κ2) is 5.29. The molecule has 2 amide bonds. The fourth-order valence-corrected chi connectivity index (χ4v) is 2.35. The molecule has 19 heavy (non-hydrogen) atoms. The van der Waals surface area contributed by atoms with Gasteiger partial charge in [-0.05, 0) is 19.3 Å². The van der Waals surface area contributed by atoms with Crippen LogP contribution < -0.4 is 5.32 Å². The maximum absolute atomic E-state index is 12.1. The van der Waals surface area contributed by atoms with E-state index in [1.165, 1.54) is 4.90 Å². The van der Waals surface area contributed by atoms with E-state index in [0.717, 1.165) is 12.1 Å². The molecular weight excluding hydrogens is 248 g/mol. The van der Waals surface area contributed by atoms with Crippen molar-refractivity contribution in [2.45, 2.75) is 32.2 Å². The van der Waals surface area contributed by atoms with Crippen molar-refractivity contribution < 1.29 is 14.7 Å². The summed E-state index contributed by atoms with van der Waals surface area (Å²) in [6.45, 7) is 2.43. The van der Waals surface area contributed by atoms with Crippen molar-refractivity contribution in [3.63, 3.8) is 0 Å². The van der Waals surface area contributed by atoms with Gasteiger partial charge in [0.2, 0.25) is 0 Å². The Balaban J connectivity index is 2.10. The van der Waals surface area contributed by atoms with Crippen LogP contribution in [0.2, 0.25) is 0 Å². The fourth-order valence-electron chi connectivity index (χ4n) is 2.35. The zero-order chi connectivity index (χ0) is 14.0. The Morgan fingerprint density at radius 1 is 1.58 bits per heavy atom. The Morgan fingerprint density at radius 3 is 2.95 bits per heavy atom. The van der Waals surface area contributed by atoms with Crippen LogP contribution in [0.3, 0.4) is 0 Å². The molecule has 0 spiro atoms. The number of carbonyl (C=O) groups is 2. The number of likely N-dealkylation sites (tertiary alicyclic amines) is 1. The van der Waals surface area contributed by atoms with E-state index in [9.17, 15) is 9.59 Å². The van der Waals surface area contributed by atoms with Gasteiger partial charge in [0.1, 0.15) is 6.04 Å². The number of amides is 2. The molecule has 1 saturated heterocycles. The first-order valence-corrected chi connectivity index (χ1v) is 6.36. The third-order valence-electron chi connectivity index (χ3n) is 3.28. The number of carboxylic acids is 1. The van der Waals surface area contributed by atoms with Crippen LogP contribution in [-0.4, -0.2) is 44.4 Å². The molecule has 1 atom stereocenters. The Hall–Kier alpha value is -2.05. The number of urea groups is 1. The van der Waals surface area contributed by atoms with E-state index in [4.69, 9.17) is 5.11 Å². The fraction of sp³-hybridized carbons (Fsp3) is 0.583. The Bertz CT molecular complexity index is 497. The summed E-state index contributed by atoms with van der Waals surface area (Å²) in [4.78, 5) is 24.5. The van der Waals surface area contributed by atoms with E-state index in [1.807, 2.05) is 6.92 Å². The Morgan fingerprint density at radius 2 is 2.32 bits per heavy atom. The minimum atomic E-state index is -0.949. The third kappa shape index (κ3) is 2.69. The number of nitrogens with zero attached hydrogens (tertiary/aromatic N) is 3. The van der Waals surface area contributed by atoms with Gasteiger partial charge in [-0.3, -0.25) is 4.68 Å². The zero-order valence-corrected chi connectivity index (χ0v) is 11.1. The summed E-state index contributed by atoms with van der Waals surface area (Å²) in [5.41, 5.74) is 1.44. The topological polar surface area (TPSA) is 87.5 Å². The highest BCUT2D eigenvalue weighted by Gasteiger charge is 2.34. The molecule has 1 aromatic heterocycles. The molecule has 0 bridgehead atoms. The predicted molar refractivity (Wildman–Crippen MR) is 69.0 cm³/mol. The Labute approximate surface area is 111 Å². The molecular formula is C12H18N4O3. The van der Waals surface area contributed by atoms with Gasteiger partial charge in [-0.2, -0.15) is 5.10 Å². The first kappa shape index (κ1) is 13.4. The number of carboxylic acid groups (broad SMARTS) is 1. The van der Waals surface area contributed by atoms with E-state index < -0.39 is 12.0 Å². The van der Waals surface area contributed by atoms with E-state index in [1.54, 1.807) is 17.9 Å². The van der Waals surface area contributed by atoms with E-state index in [0.29, 0.717) is 25.1 Å². The van der Waals surface area contributed by atoms with Crippen molar-refractivity contribution in [2.24, 2.45) is 7.05 Å². The van der Waals surface area contributed by atoms with Crippen LogP contribution in [0.5, 0.6) is 0 Å². The zero-order valence-electron chi connectivity index (χ0n) is 11.1. The smallest absolute Gasteiger partial charge is 0.326 e. The van der Waals surface area contributed by atoms with Crippen molar-refractivity contribution in [2.75, 3.05) is 11.9 Å². The first-order valence-electron chi connectivity index (χ1n) is 6.36. The summed E-state index contributed by atoms with van der Waals surface area (Å²) in [5.74, 6) is -0.949. The third-order valence-corrected chi connectivity index (χ3v) is 3.28. The highest BCUT2D eigenvalue weighted by atomic mass is 16.4. The molecule has 2 heterocycles. The highest BCUT2D eigenvalue weighted by Crippen LogP contribution is 2.20. The van der Waals surface area contributed by atoms with Crippen LogP contribution in [-0.2, 0) is 18.3 Å². The molecule has 0 aromatic carbocycles. The van der Waals surface area contributed by atoms with Crippen LogP contribution in [0.4, 0.5) is 10.5 Å².